The lowest BCUT2D eigenvalue weighted by Gasteiger charge is -2.13. The van der Waals surface area contributed by atoms with Crippen molar-refractivity contribution in [2.24, 2.45) is 7.05 Å². The van der Waals surface area contributed by atoms with E-state index in [1.807, 2.05) is 6.92 Å². The third-order valence-corrected chi connectivity index (χ3v) is 3.42. The van der Waals surface area contributed by atoms with Crippen molar-refractivity contribution < 1.29 is 14.6 Å². The van der Waals surface area contributed by atoms with Crippen LogP contribution in [0, 0.1) is 0 Å². The molecule has 1 aromatic rings. The molecular formula is C12H15NO4. The molecule has 0 spiro atoms. The highest BCUT2D eigenvalue weighted by Gasteiger charge is 2.31. The summed E-state index contributed by atoms with van der Waals surface area (Å²) in [6.07, 6.45) is 1.62. The van der Waals surface area contributed by atoms with E-state index in [2.05, 4.69) is 4.74 Å². The molecule has 0 bridgehead atoms. The number of methoxy groups -OCH3 is 1. The fourth-order valence-corrected chi connectivity index (χ4v) is 2.45. The van der Waals surface area contributed by atoms with Gasteiger partial charge >= 0.3 is 5.97 Å². The highest BCUT2D eigenvalue weighted by atomic mass is 16.5. The van der Waals surface area contributed by atoms with E-state index >= 15 is 0 Å². The minimum Gasteiger partial charge on any atom is -0.506 e. The van der Waals surface area contributed by atoms with E-state index < -0.39 is 11.5 Å². The van der Waals surface area contributed by atoms with E-state index in [4.69, 9.17) is 0 Å². The second-order valence-electron chi connectivity index (χ2n) is 4.38. The maximum absolute atomic E-state index is 12.0. The maximum Gasteiger partial charge on any atom is 0.347 e. The van der Waals surface area contributed by atoms with Crippen molar-refractivity contribution in [1.29, 1.82) is 0 Å². The third kappa shape index (κ3) is 1.53. The summed E-state index contributed by atoms with van der Waals surface area (Å²) >= 11 is 0. The molecule has 0 fully saturated rings. The molecule has 1 aliphatic rings. The highest BCUT2D eigenvalue weighted by Crippen LogP contribution is 2.38. The van der Waals surface area contributed by atoms with E-state index in [-0.39, 0.29) is 17.2 Å². The van der Waals surface area contributed by atoms with Gasteiger partial charge in [-0.1, -0.05) is 6.92 Å². The van der Waals surface area contributed by atoms with Gasteiger partial charge in [0.25, 0.3) is 5.56 Å². The van der Waals surface area contributed by atoms with Crippen molar-refractivity contribution >= 4 is 5.97 Å². The molecule has 0 aliphatic heterocycles. The van der Waals surface area contributed by atoms with Crippen molar-refractivity contribution in [1.82, 2.24) is 4.57 Å². The number of hydrogen-bond donors (Lipinski definition) is 1. The zero-order valence-electron chi connectivity index (χ0n) is 10.1. The first-order valence-electron chi connectivity index (χ1n) is 5.52. The lowest BCUT2D eigenvalue weighted by molar-refractivity contribution is 0.0594. The first-order valence-corrected chi connectivity index (χ1v) is 5.52. The summed E-state index contributed by atoms with van der Waals surface area (Å²) in [5, 5.41) is 10.1. The van der Waals surface area contributed by atoms with Crippen LogP contribution in [0.1, 0.15) is 40.9 Å². The Bertz CT molecular complexity index is 544. The van der Waals surface area contributed by atoms with E-state index in [0.717, 1.165) is 18.5 Å². The van der Waals surface area contributed by atoms with Crippen molar-refractivity contribution in [3.05, 3.63) is 27.2 Å². The number of hydrogen-bond acceptors (Lipinski definition) is 4. The van der Waals surface area contributed by atoms with Crippen molar-refractivity contribution in [2.75, 3.05) is 7.11 Å². The summed E-state index contributed by atoms with van der Waals surface area (Å²) in [6, 6.07) is 0. The molecule has 1 atom stereocenters. The second-order valence-corrected chi connectivity index (χ2v) is 4.38. The molecule has 0 saturated heterocycles. The average molecular weight is 237 g/mol. The minimum atomic E-state index is -0.787. The monoisotopic (exact) mass is 237 g/mol. The normalized spacial score (nSPS) is 17.9. The highest BCUT2D eigenvalue weighted by molar-refractivity contribution is 5.92. The van der Waals surface area contributed by atoms with Crippen LogP contribution in [0.4, 0.5) is 0 Å². The summed E-state index contributed by atoms with van der Waals surface area (Å²) in [5.41, 5.74) is 0.754. The quantitative estimate of drug-likeness (QED) is 0.738. The molecule has 0 saturated carbocycles. The van der Waals surface area contributed by atoms with Crippen LogP contribution < -0.4 is 5.56 Å². The number of pyridine rings is 1. The molecule has 0 amide bonds. The molecule has 17 heavy (non-hydrogen) atoms. The van der Waals surface area contributed by atoms with Crippen LogP contribution in [0.5, 0.6) is 5.75 Å². The lowest BCUT2D eigenvalue weighted by atomic mass is 10.0. The van der Waals surface area contributed by atoms with Crippen LogP contribution in [0.15, 0.2) is 4.79 Å². The van der Waals surface area contributed by atoms with Crippen LogP contribution in [0.2, 0.25) is 0 Å². The van der Waals surface area contributed by atoms with Gasteiger partial charge in [0.05, 0.1) is 7.11 Å². The van der Waals surface area contributed by atoms with Gasteiger partial charge in [0.1, 0.15) is 5.75 Å². The second kappa shape index (κ2) is 3.91. The molecule has 1 aromatic heterocycles. The molecule has 1 heterocycles. The molecule has 5 heteroatoms. The number of fused-ring (bicyclic) bond motifs is 1. The Morgan fingerprint density at radius 3 is 2.76 bits per heavy atom. The zero-order valence-corrected chi connectivity index (χ0v) is 10.1. The van der Waals surface area contributed by atoms with Gasteiger partial charge in [0.15, 0.2) is 5.56 Å². The standard InChI is InChI=1S/C12H15NO4/c1-6-4-5-7-8(6)10(14)9(12(16)17-3)11(15)13(7)2/h6,14H,4-5H2,1-3H3. The topological polar surface area (TPSA) is 68.5 Å². The molecule has 5 nitrogen and oxygen atoms in total. The van der Waals surface area contributed by atoms with Crippen LogP contribution in [-0.2, 0) is 18.2 Å². The fourth-order valence-electron chi connectivity index (χ4n) is 2.45. The van der Waals surface area contributed by atoms with Crippen molar-refractivity contribution in [3.63, 3.8) is 0 Å². The molecule has 0 aromatic carbocycles. The number of carbonyl (C=O) groups excluding carboxylic acids is 1. The smallest absolute Gasteiger partial charge is 0.347 e. The molecule has 1 N–H and O–H groups in total. The average Bonchev–Trinajstić information content (AvgIpc) is 2.68. The van der Waals surface area contributed by atoms with Crippen LogP contribution in [0.3, 0.4) is 0 Å². The number of ether oxygens (including phenoxy) is 1. The predicted octanol–water partition coefficient (Wildman–Crippen LogP) is 0.927. The molecule has 1 unspecified atom stereocenters. The van der Waals surface area contributed by atoms with Crippen LogP contribution in [0.25, 0.3) is 0 Å². The Morgan fingerprint density at radius 1 is 1.53 bits per heavy atom. The van der Waals surface area contributed by atoms with Gasteiger partial charge in [0, 0.05) is 18.3 Å². The van der Waals surface area contributed by atoms with Gasteiger partial charge < -0.3 is 14.4 Å². The summed E-state index contributed by atoms with van der Waals surface area (Å²) < 4.78 is 5.97. The zero-order chi connectivity index (χ0) is 12.7. The van der Waals surface area contributed by atoms with Gasteiger partial charge in [0.2, 0.25) is 0 Å². The Morgan fingerprint density at radius 2 is 2.18 bits per heavy atom. The van der Waals surface area contributed by atoms with E-state index in [9.17, 15) is 14.7 Å². The van der Waals surface area contributed by atoms with Gasteiger partial charge in [-0.25, -0.2) is 4.79 Å². The van der Waals surface area contributed by atoms with Crippen molar-refractivity contribution in [3.8, 4) is 5.75 Å². The number of nitrogens with zero attached hydrogens (tertiary/aromatic N) is 1. The Labute approximate surface area is 98.6 Å². The number of rotatable bonds is 1. The first kappa shape index (κ1) is 11.7. The molecule has 92 valence electrons. The van der Waals surface area contributed by atoms with Gasteiger partial charge in [-0.2, -0.15) is 0 Å². The summed E-state index contributed by atoms with van der Waals surface area (Å²) in [7, 11) is 2.81. The van der Waals surface area contributed by atoms with E-state index in [1.165, 1.54) is 11.7 Å². The molecule has 0 radical (unpaired) electrons. The van der Waals surface area contributed by atoms with Gasteiger partial charge in [-0.05, 0) is 18.8 Å². The Balaban J connectivity index is 2.80. The third-order valence-electron chi connectivity index (χ3n) is 3.42. The Kier molecular flexibility index (Phi) is 2.69. The Hall–Kier alpha value is -1.78. The largest absolute Gasteiger partial charge is 0.506 e. The summed E-state index contributed by atoms with van der Waals surface area (Å²) in [5.74, 6) is -0.842. The number of esters is 1. The van der Waals surface area contributed by atoms with Gasteiger partial charge in [-0.15, -0.1) is 0 Å². The first-order chi connectivity index (χ1) is 7.99. The molecular weight excluding hydrogens is 222 g/mol. The van der Waals surface area contributed by atoms with Crippen molar-refractivity contribution in [2.45, 2.75) is 25.7 Å². The SMILES string of the molecule is COC(=O)c1c(O)c2c(n(C)c1=O)CCC2C. The lowest BCUT2D eigenvalue weighted by Crippen LogP contribution is -2.28. The summed E-state index contributed by atoms with van der Waals surface area (Å²) in [6.45, 7) is 1.97. The molecule has 1 aliphatic carbocycles. The molecule has 2 rings (SSSR count). The predicted molar refractivity (Wildman–Crippen MR) is 61.4 cm³/mol. The number of aromatic hydroxyl groups is 1. The number of aromatic nitrogens is 1. The maximum atomic E-state index is 12.0. The van der Waals surface area contributed by atoms with E-state index in [1.54, 1.807) is 7.05 Å². The van der Waals surface area contributed by atoms with Crippen LogP contribution in [-0.4, -0.2) is 22.8 Å². The number of carbonyl (C=O) groups is 1. The van der Waals surface area contributed by atoms with Crippen LogP contribution >= 0.6 is 0 Å². The van der Waals surface area contributed by atoms with Gasteiger partial charge in [-0.3, -0.25) is 4.79 Å². The fraction of sp³-hybridized carbons (Fsp3) is 0.500. The minimum absolute atomic E-state index is 0.153. The summed E-state index contributed by atoms with van der Waals surface area (Å²) in [4.78, 5) is 23.5. The van der Waals surface area contributed by atoms with E-state index in [0.29, 0.717) is 5.56 Å².